The van der Waals surface area contributed by atoms with Gasteiger partial charge in [0.2, 0.25) is 0 Å². The molecule has 22 heavy (non-hydrogen) atoms. The summed E-state index contributed by atoms with van der Waals surface area (Å²) < 4.78 is 0. The third-order valence-corrected chi connectivity index (χ3v) is 4.12. The van der Waals surface area contributed by atoms with Gasteiger partial charge < -0.3 is 5.32 Å². The lowest BCUT2D eigenvalue weighted by atomic mass is 10.0. The van der Waals surface area contributed by atoms with Gasteiger partial charge in [-0.3, -0.25) is 4.90 Å². The van der Waals surface area contributed by atoms with E-state index < -0.39 is 0 Å². The van der Waals surface area contributed by atoms with Crippen LogP contribution in [-0.4, -0.2) is 40.5 Å². The third kappa shape index (κ3) is 4.17. The van der Waals surface area contributed by atoms with Crippen LogP contribution in [-0.2, 0) is 0 Å². The van der Waals surface area contributed by atoms with Crippen LogP contribution in [0.5, 0.6) is 0 Å². The average Bonchev–Trinajstić information content (AvgIpc) is 2.53. The lowest BCUT2D eigenvalue weighted by molar-refractivity contribution is 0.199. The lowest BCUT2D eigenvalue weighted by Crippen LogP contribution is -2.41. The van der Waals surface area contributed by atoms with Crippen molar-refractivity contribution in [1.82, 2.24) is 14.9 Å². The SMILES string of the molecule is CCN(CC)C(CNc1ncnc2ccccc12)CC(C)C. The van der Waals surface area contributed by atoms with Crippen LogP contribution in [0, 0.1) is 5.92 Å². The van der Waals surface area contributed by atoms with Gasteiger partial charge >= 0.3 is 0 Å². The summed E-state index contributed by atoms with van der Waals surface area (Å²) in [5, 5.41) is 4.64. The maximum atomic E-state index is 4.43. The molecule has 0 amide bonds. The molecule has 0 saturated heterocycles. The van der Waals surface area contributed by atoms with Crippen molar-refractivity contribution < 1.29 is 0 Å². The number of nitrogens with zero attached hydrogens (tertiary/aromatic N) is 3. The van der Waals surface area contributed by atoms with Crippen LogP contribution in [0.15, 0.2) is 30.6 Å². The smallest absolute Gasteiger partial charge is 0.137 e. The van der Waals surface area contributed by atoms with Crippen LogP contribution in [0.4, 0.5) is 5.82 Å². The van der Waals surface area contributed by atoms with E-state index in [-0.39, 0.29) is 0 Å². The van der Waals surface area contributed by atoms with Crippen molar-refractivity contribution in [3.05, 3.63) is 30.6 Å². The van der Waals surface area contributed by atoms with Gasteiger partial charge in [-0.05, 0) is 37.6 Å². The normalized spacial score (nSPS) is 13.0. The highest BCUT2D eigenvalue weighted by molar-refractivity contribution is 5.88. The molecule has 1 aromatic carbocycles. The topological polar surface area (TPSA) is 41.0 Å². The first-order valence-corrected chi connectivity index (χ1v) is 8.33. The summed E-state index contributed by atoms with van der Waals surface area (Å²) in [6.45, 7) is 12.1. The van der Waals surface area contributed by atoms with E-state index in [0.29, 0.717) is 12.0 Å². The predicted molar refractivity (Wildman–Crippen MR) is 94.2 cm³/mol. The molecule has 0 bridgehead atoms. The zero-order valence-corrected chi connectivity index (χ0v) is 14.2. The largest absolute Gasteiger partial charge is 0.368 e. The zero-order valence-electron chi connectivity index (χ0n) is 14.2. The zero-order chi connectivity index (χ0) is 15.9. The average molecular weight is 300 g/mol. The number of hydrogen-bond acceptors (Lipinski definition) is 4. The molecule has 4 heteroatoms. The summed E-state index contributed by atoms with van der Waals surface area (Å²) in [4.78, 5) is 11.3. The molecule has 1 unspecified atom stereocenters. The summed E-state index contributed by atoms with van der Waals surface area (Å²) >= 11 is 0. The number of rotatable bonds is 8. The molecule has 0 aliphatic carbocycles. The van der Waals surface area contributed by atoms with Crippen LogP contribution < -0.4 is 5.32 Å². The van der Waals surface area contributed by atoms with Crippen molar-refractivity contribution in [1.29, 1.82) is 0 Å². The third-order valence-electron chi connectivity index (χ3n) is 4.12. The molecule has 1 atom stereocenters. The number of nitrogens with one attached hydrogen (secondary N) is 1. The molecule has 0 spiro atoms. The summed E-state index contributed by atoms with van der Waals surface area (Å²) in [5.74, 6) is 1.63. The minimum absolute atomic E-state index is 0.531. The number of anilines is 1. The van der Waals surface area contributed by atoms with E-state index in [2.05, 4.69) is 53.9 Å². The summed E-state index contributed by atoms with van der Waals surface area (Å²) in [7, 11) is 0. The number of para-hydroxylation sites is 1. The molecule has 1 aromatic heterocycles. The Morgan fingerprint density at radius 1 is 1.09 bits per heavy atom. The molecular weight excluding hydrogens is 272 g/mol. The summed E-state index contributed by atoms with van der Waals surface area (Å²) in [6.07, 6.45) is 2.83. The number of fused-ring (bicyclic) bond motifs is 1. The second kappa shape index (κ2) is 8.08. The number of benzene rings is 1. The molecule has 0 aliphatic heterocycles. The molecule has 120 valence electrons. The van der Waals surface area contributed by atoms with Gasteiger partial charge in [-0.25, -0.2) is 9.97 Å². The van der Waals surface area contributed by atoms with Gasteiger partial charge in [0.25, 0.3) is 0 Å². The first-order valence-electron chi connectivity index (χ1n) is 8.33. The molecule has 0 saturated carbocycles. The Hall–Kier alpha value is -1.68. The Kier molecular flexibility index (Phi) is 6.13. The maximum absolute atomic E-state index is 4.43. The molecular formula is C18H28N4. The predicted octanol–water partition coefficient (Wildman–Crippen LogP) is 3.80. The summed E-state index contributed by atoms with van der Waals surface area (Å²) in [6, 6.07) is 8.68. The fourth-order valence-corrected chi connectivity index (χ4v) is 3.01. The molecule has 2 rings (SSSR count). The number of likely N-dealkylation sites (N-methyl/N-ethyl adjacent to an activating group) is 1. The van der Waals surface area contributed by atoms with Gasteiger partial charge in [0.1, 0.15) is 12.1 Å². The van der Waals surface area contributed by atoms with E-state index >= 15 is 0 Å². The van der Waals surface area contributed by atoms with E-state index in [1.807, 2.05) is 18.2 Å². The van der Waals surface area contributed by atoms with Crippen molar-refractivity contribution in [3.8, 4) is 0 Å². The van der Waals surface area contributed by atoms with Crippen molar-refractivity contribution >= 4 is 16.7 Å². The van der Waals surface area contributed by atoms with Crippen LogP contribution >= 0.6 is 0 Å². The van der Waals surface area contributed by atoms with Crippen molar-refractivity contribution in [2.24, 2.45) is 5.92 Å². The van der Waals surface area contributed by atoms with Crippen molar-refractivity contribution in [2.75, 3.05) is 25.0 Å². The highest BCUT2D eigenvalue weighted by Gasteiger charge is 2.17. The quantitative estimate of drug-likeness (QED) is 0.805. The molecule has 0 aliphatic rings. The first kappa shape index (κ1) is 16.7. The molecule has 0 radical (unpaired) electrons. The Bertz CT molecular complexity index is 573. The molecule has 0 fully saturated rings. The second-order valence-electron chi connectivity index (χ2n) is 6.12. The van der Waals surface area contributed by atoms with Crippen molar-refractivity contribution in [2.45, 2.75) is 40.2 Å². The molecule has 2 aromatic rings. The van der Waals surface area contributed by atoms with Gasteiger partial charge in [0.15, 0.2) is 0 Å². The second-order valence-corrected chi connectivity index (χ2v) is 6.12. The lowest BCUT2D eigenvalue weighted by Gasteiger charge is -2.31. The highest BCUT2D eigenvalue weighted by Crippen LogP contribution is 2.19. The highest BCUT2D eigenvalue weighted by atomic mass is 15.2. The van der Waals surface area contributed by atoms with E-state index in [0.717, 1.165) is 36.4 Å². The standard InChI is InChI=1S/C18H28N4/c1-5-22(6-2)15(11-14(3)4)12-19-18-16-9-7-8-10-17(16)20-13-21-18/h7-10,13-15H,5-6,11-12H2,1-4H3,(H,19,20,21). The van der Waals surface area contributed by atoms with Crippen LogP contribution in [0.3, 0.4) is 0 Å². The van der Waals surface area contributed by atoms with Crippen LogP contribution in [0.1, 0.15) is 34.1 Å². The number of aromatic nitrogens is 2. The number of hydrogen-bond donors (Lipinski definition) is 1. The summed E-state index contributed by atoms with van der Waals surface area (Å²) in [5.41, 5.74) is 0.989. The minimum Gasteiger partial charge on any atom is -0.368 e. The Labute approximate surface area is 134 Å². The van der Waals surface area contributed by atoms with Gasteiger partial charge in [-0.2, -0.15) is 0 Å². The van der Waals surface area contributed by atoms with E-state index in [1.54, 1.807) is 6.33 Å². The van der Waals surface area contributed by atoms with Gasteiger partial charge in [-0.1, -0.05) is 39.8 Å². The van der Waals surface area contributed by atoms with Gasteiger partial charge in [0, 0.05) is 18.0 Å². The minimum atomic E-state index is 0.531. The van der Waals surface area contributed by atoms with E-state index in [1.165, 1.54) is 6.42 Å². The maximum Gasteiger partial charge on any atom is 0.137 e. The van der Waals surface area contributed by atoms with E-state index in [4.69, 9.17) is 0 Å². The van der Waals surface area contributed by atoms with Crippen LogP contribution in [0.2, 0.25) is 0 Å². The van der Waals surface area contributed by atoms with Gasteiger partial charge in [0.05, 0.1) is 5.52 Å². The molecule has 1 N–H and O–H groups in total. The van der Waals surface area contributed by atoms with Crippen molar-refractivity contribution in [3.63, 3.8) is 0 Å². The van der Waals surface area contributed by atoms with E-state index in [9.17, 15) is 0 Å². The van der Waals surface area contributed by atoms with Gasteiger partial charge in [-0.15, -0.1) is 0 Å². The Morgan fingerprint density at radius 3 is 2.50 bits per heavy atom. The molecule has 1 heterocycles. The Balaban J connectivity index is 2.13. The fourth-order valence-electron chi connectivity index (χ4n) is 3.01. The monoisotopic (exact) mass is 300 g/mol. The Morgan fingerprint density at radius 2 is 1.82 bits per heavy atom. The fraction of sp³-hybridized carbons (Fsp3) is 0.556. The first-order chi connectivity index (χ1) is 10.7. The molecule has 4 nitrogen and oxygen atoms in total. The van der Waals surface area contributed by atoms with Crippen LogP contribution in [0.25, 0.3) is 10.9 Å².